The molecule has 5 nitrogen and oxygen atoms in total. The second-order valence-electron chi connectivity index (χ2n) is 6.16. The fraction of sp³-hybridized carbons (Fsp3) is 0.167. The average molecular weight is 351 g/mol. The van der Waals surface area contributed by atoms with Crippen LogP contribution in [0.4, 0.5) is 15.9 Å². The third kappa shape index (κ3) is 2.23. The van der Waals surface area contributed by atoms with Crippen LogP contribution in [0.2, 0.25) is 0 Å². The number of aryl methyl sites for hydroxylation is 3. The molecule has 3 heterocycles. The van der Waals surface area contributed by atoms with E-state index in [0.29, 0.717) is 5.56 Å². The maximum absolute atomic E-state index is 13.5. The third-order valence-electron chi connectivity index (χ3n) is 4.60. The standard InChI is InChI=1S/C18H14FN5S/c1-9-6-10(2-4-13(9)19)23-17-15-11-3-5-14-12(7-22-24-14)16(11)25-18(15)21-8-20-17/h2,4,6-8H,3,5H2,1H3,(H,22,24)(H,20,21,23). The lowest BCUT2D eigenvalue weighted by molar-refractivity contribution is 0.619. The Morgan fingerprint density at radius 2 is 2.16 bits per heavy atom. The SMILES string of the molecule is Cc1cc(Nc2ncnc3sc4c(c23)CCc2[nH]ncc2-4)ccc1F. The molecular weight excluding hydrogens is 337 g/mol. The normalized spacial score (nSPS) is 12.9. The summed E-state index contributed by atoms with van der Waals surface area (Å²) in [7, 11) is 0. The molecule has 0 spiro atoms. The van der Waals surface area contributed by atoms with Gasteiger partial charge in [0.2, 0.25) is 0 Å². The largest absolute Gasteiger partial charge is 0.340 e. The van der Waals surface area contributed by atoms with E-state index in [1.165, 1.54) is 22.2 Å². The van der Waals surface area contributed by atoms with E-state index in [2.05, 4.69) is 25.5 Å². The molecule has 0 bridgehead atoms. The summed E-state index contributed by atoms with van der Waals surface area (Å²) in [5.41, 5.74) is 5.02. The summed E-state index contributed by atoms with van der Waals surface area (Å²) in [5, 5.41) is 11.6. The van der Waals surface area contributed by atoms with Gasteiger partial charge in [-0.1, -0.05) is 0 Å². The van der Waals surface area contributed by atoms with Gasteiger partial charge in [-0.15, -0.1) is 11.3 Å². The second kappa shape index (κ2) is 5.35. The Morgan fingerprint density at radius 3 is 3.04 bits per heavy atom. The summed E-state index contributed by atoms with van der Waals surface area (Å²) in [6.07, 6.45) is 5.30. The number of H-pyrrole nitrogens is 1. The Labute approximate surface area is 147 Å². The first kappa shape index (κ1) is 14.5. The smallest absolute Gasteiger partial charge is 0.142 e. The molecule has 124 valence electrons. The fourth-order valence-electron chi connectivity index (χ4n) is 3.35. The number of thiophene rings is 1. The van der Waals surface area contributed by atoms with Gasteiger partial charge in [0.1, 0.15) is 22.8 Å². The predicted octanol–water partition coefficient (Wildman–Crippen LogP) is 4.37. The molecule has 1 aliphatic rings. The van der Waals surface area contributed by atoms with Crippen molar-refractivity contribution in [2.24, 2.45) is 0 Å². The van der Waals surface area contributed by atoms with E-state index < -0.39 is 0 Å². The maximum atomic E-state index is 13.5. The second-order valence-corrected chi connectivity index (χ2v) is 7.16. The van der Waals surface area contributed by atoms with Gasteiger partial charge in [0.15, 0.2) is 0 Å². The molecule has 0 atom stereocenters. The first-order valence-electron chi connectivity index (χ1n) is 8.03. The average Bonchev–Trinajstić information content (AvgIpc) is 3.22. The molecule has 2 N–H and O–H groups in total. The minimum Gasteiger partial charge on any atom is -0.340 e. The van der Waals surface area contributed by atoms with E-state index in [1.54, 1.807) is 36.7 Å². The zero-order valence-corrected chi connectivity index (χ0v) is 14.2. The van der Waals surface area contributed by atoms with Crippen molar-refractivity contribution < 1.29 is 4.39 Å². The van der Waals surface area contributed by atoms with Crippen LogP contribution in [-0.2, 0) is 12.8 Å². The van der Waals surface area contributed by atoms with Gasteiger partial charge in [-0.05, 0) is 49.1 Å². The molecule has 7 heteroatoms. The number of fused-ring (bicyclic) bond motifs is 5. The topological polar surface area (TPSA) is 66.5 Å². The summed E-state index contributed by atoms with van der Waals surface area (Å²) in [4.78, 5) is 11.1. The third-order valence-corrected chi connectivity index (χ3v) is 5.77. The Morgan fingerprint density at radius 1 is 1.24 bits per heavy atom. The number of hydrogen-bond acceptors (Lipinski definition) is 5. The van der Waals surface area contributed by atoms with Gasteiger partial charge >= 0.3 is 0 Å². The Hall–Kier alpha value is -2.80. The molecule has 4 aromatic rings. The number of halogens is 1. The van der Waals surface area contributed by atoms with Crippen LogP contribution in [0.15, 0.2) is 30.7 Å². The number of aromatic amines is 1. The highest BCUT2D eigenvalue weighted by molar-refractivity contribution is 7.22. The molecular formula is C18H14FN5S. The zero-order valence-electron chi connectivity index (χ0n) is 13.4. The van der Waals surface area contributed by atoms with E-state index in [4.69, 9.17) is 0 Å². The number of nitrogens with one attached hydrogen (secondary N) is 2. The van der Waals surface area contributed by atoms with Gasteiger partial charge in [0.05, 0.1) is 11.6 Å². The van der Waals surface area contributed by atoms with E-state index >= 15 is 0 Å². The molecule has 5 rings (SSSR count). The van der Waals surface area contributed by atoms with Gasteiger partial charge in [0, 0.05) is 21.8 Å². The van der Waals surface area contributed by atoms with E-state index in [1.807, 2.05) is 6.20 Å². The molecule has 0 saturated carbocycles. The monoisotopic (exact) mass is 351 g/mol. The fourth-order valence-corrected chi connectivity index (χ4v) is 4.58. The lowest BCUT2D eigenvalue weighted by Crippen LogP contribution is -2.02. The van der Waals surface area contributed by atoms with Crippen LogP contribution in [0, 0.1) is 12.7 Å². The van der Waals surface area contributed by atoms with E-state index in [9.17, 15) is 4.39 Å². The number of hydrogen-bond donors (Lipinski definition) is 2. The van der Waals surface area contributed by atoms with Gasteiger partial charge in [0.25, 0.3) is 0 Å². The molecule has 0 amide bonds. The Bertz CT molecular complexity index is 1110. The maximum Gasteiger partial charge on any atom is 0.142 e. The lowest BCUT2D eigenvalue weighted by atomic mass is 9.95. The summed E-state index contributed by atoms with van der Waals surface area (Å²) in [6.45, 7) is 1.75. The van der Waals surface area contributed by atoms with E-state index in [0.717, 1.165) is 40.1 Å². The molecule has 25 heavy (non-hydrogen) atoms. The minimum atomic E-state index is -0.209. The molecule has 0 fully saturated rings. The number of nitrogens with zero attached hydrogens (tertiary/aromatic N) is 3. The van der Waals surface area contributed by atoms with Gasteiger partial charge < -0.3 is 5.32 Å². The molecule has 3 aromatic heterocycles. The molecule has 0 saturated heterocycles. The quantitative estimate of drug-likeness (QED) is 0.563. The van der Waals surface area contributed by atoms with Crippen molar-refractivity contribution >= 4 is 33.1 Å². The zero-order chi connectivity index (χ0) is 17.0. The van der Waals surface area contributed by atoms with Gasteiger partial charge in [-0.3, -0.25) is 5.10 Å². The molecule has 1 aromatic carbocycles. The first-order valence-corrected chi connectivity index (χ1v) is 8.84. The van der Waals surface area contributed by atoms with Gasteiger partial charge in [-0.25, -0.2) is 14.4 Å². The number of rotatable bonds is 2. The van der Waals surface area contributed by atoms with Crippen LogP contribution in [0.3, 0.4) is 0 Å². The van der Waals surface area contributed by atoms with Gasteiger partial charge in [-0.2, -0.15) is 5.10 Å². The van der Waals surface area contributed by atoms with Crippen LogP contribution in [-0.4, -0.2) is 20.2 Å². The molecule has 0 unspecified atom stereocenters. The number of aromatic nitrogens is 4. The van der Waals surface area contributed by atoms with Crippen molar-refractivity contribution in [2.45, 2.75) is 19.8 Å². The molecule has 1 aliphatic carbocycles. The first-order chi connectivity index (χ1) is 12.2. The lowest BCUT2D eigenvalue weighted by Gasteiger charge is -2.13. The number of anilines is 2. The van der Waals surface area contributed by atoms with Crippen molar-refractivity contribution in [3.05, 3.63) is 53.4 Å². The highest BCUT2D eigenvalue weighted by Crippen LogP contribution is 2.44. The van der Waals surface area contributed by atoms with Crippen LogP contribution in [0.5, 0.6) is 0 Å². The van der Waals surface area contributed by atoms with Crippen molar-refractivity contribution in [3.63, 3.8) is 0 Å². The summed E-state index contributed by atoms with van der Waals surface area (Å²) < 4.78 is 13.5. The Kier molecular flexibility index (Phi) is 3.11. The summed E-state index contributed by atoms with van der Waals surface area (Å²) in [5.74, 6) is 0.555. The highest BCUT2D eigenvalue weighted by Gasteiger charge is 2.25. The van der Waals surface area contributed by atoms with Crippen LogP contribution in [0.1, 0.15) is 16.8 Å². The minimum absolute atomic E-state index is 0.209. The van der Waals surface area contributed by atoms with Crippen LogP contribution >= 0.6 is 11.3 Å². The summed E-state index contributed by atoms with van der Waals surface area (Å²) >= 11 is 1.67. The predicted molar refractivity (Wildman–Crippen MR) is 96.8 cm³/mol. The van der Waals surface area contributed by atoms with Crippen LogP contribution in [0.25, 0.3) is 20.7 Å². The Balaban J connectivity index is 1.66. The molecule has 0 aliphatic heterocycles. The van der Waals surface area contributed by atoms with Crippen LogP contribution < -0.4 is 5.32 Å². The number of benzene rings is 1. The van der Waals surface area contributed by atoms with E-state index in [-0.39, 0.29) is 5.82 Å². The summed E-state index contributed by atoms with van der Waals surface area (Å²) in [6, 6.07) is 4.98. The highest BCUT2D eigenvalue weighted by atomic mass is 32.1. The van der Waals surface area contributed by atoms with Crippen molar-refractivity contribution in [1.29, 1.82) is 0 Å². The van der Waals surface area contributed by atoms with Crippen molar-refractivity contribution in [1.82, 2.24) is 20.2 Å². The molecule has 0 radical (unpaired) electrons. The van der Waals surface area contributed by atoms with Crippen molar-refractivity contribution in [3.8, 4) is 10.4 Å². The van der Waals surface area contributed by atoms with Crippen molar-refractivity contribution in [2.75, 3.05) is 5.32 Å².